The fourth-order valence-electron chi connectivity index (χ4n) is 1.45. The second-order valence-electron chi connectivity index (χ2n) is 3.57. The summed E-state index contributed by atoms with van der Waals surface area (Å²) >= 11 is 0. The van der Waals surface area contributed by atoms with E-state index in [1.165, 1.54) is 0 Å². The molecule has 0 spiro atoms. The van der Waals surface area contributed by atoms with Gasteiger partial charge in [0.2, 0.25) is 0 Å². The Morgan fingerprint density at radius 1 is 1.38 bits per heavy atom. The molecule has 0 unspecified atom stereocenters. The maximum Gasteiger partial charge on any atom is 0.339 e. The van der Waals surface area contributed by atoms with Crippen LogP contribution >= 0.6 is 0 Å². The van der Waals surface area contributed by atoms with E-state index in [-0.39, 0.29) is 5.56 Å². The standard InChI is InChI=1S/C11H17N3O2/c1-4-12-8-6-5-7-9(13-14(2)3)10(8)11(15)16/h5-7,12-13H,4H2,1-3H3,(H,15,16). The number of carboxylic acids is 1. The van der Waals surface area contributed by atoms with Gasteiger partial charge in [-0.3, -0.25) is 0 Å². The number of carbonyl (C=O) groups is 1. The van der Waals surface area contributed by atoms with Crippen LogP contribution in [0.5, 0.6) is 0 Å². The van der Waals surface area contributed by atoms with E-state index < -0.39 is 5.97 Å². The first-order valence-electron chi connectivity index (χ1n) is 5.10. The fraction of sp³-hybridized carbons (Fsp3) is 0.364. The molecule has 0 amide bonds. The first-order chi connectivity index (χ1) is 7.56. The number of aromatic carboxylic acids is 1. The first kappa shape index (κ1) is 12.3. The van der Waals surface area contributed by atoms with Crippen molar-refractivity contribution in [2.45, 2.75) is 6.92 Å². The number of nitrogens with zero attached hydrogens (tertiary/aromatic N) is 1. The van der Waals surface area contributed by atoms with Crippen molar-refractivity contribution in [3.63, 3.8) is 0 Å². The van der Waals surface area contributed by atoms with Crippen LogP contribution in [0.25, 0.3) is 0 Å². The van der Waals surface area contributed by atoms with Crippen LogP contribution < -0.4 is 10.7 Å². The molecule has 88 valence electrons. The van der Waals surface area contributed by atoms with Crippen molar-refractivity contribution in [1.29, 1.82) is 0 Å². The third-order valence-corrected chi connectivity index (χ3v) is 1.99. The molecule has 1 aromatic carbocycles. The number of anilines is 2. The zero-order valence-electron chi connectivity index (χ0n) is 9.74. The molecule has 1 aromatic rings. The third kappa shape index (κ3) is 2.87. The van der Waals surface area contributed by atoms with Gasteiger partial charge in [0, 0.05) is 20.6 Å². The van der Waals surface area contributed by atoms with Crippen LogP contribution in [-0.2, 0) is 0 Å². The maximum atomic E-state index is 11.2. The van der Waals surface area contributed by atoms with Gasteiger partial charge in [0.1, 0.15) is 5.56 Å². The second kappa shape index (κ2) is 5.37. The van der Waals surface area contributed by atoms with Gasteiger partial charge < -0.3 is 15.8 Å². The lowest BCUT2D eigenvalue weighted by Gasteiger charge is -2.17. The van der Waals surface area contributed by atoms with Gasteiger partial charge in [-0.25, -0.2) is 9.80 Å². The Morgan fingerprint density at radius 2 is 2.00 bits per heavy atom. The van der Waals surface area contributed by atoms with Crippen molar-refractivity contribution < 1.29 is 9.90 Å². The molecule has 5 heteroatoms. The summed E-state index contributed by atoms with van der Waals surface area (Å²) in [6.07, 6.45) is 0. The van der Waals surface area contributed by atoms with Crippen molar-refractivity contribution >= 4 is 17.3 Å². The number of hydrazine groups is 1. The normalized spacial score (nSPS) is 10.2. The Kier molecular flexibility index (Phi) is 4.13. The van der Waals surface area contributed by atoms with E-state index >= 15 is 0 Å². The topological polar surface area (TPSA) is 64.6 Å². The van der Waals surface area contributed by atoms with Crippen LogP contribution in [-0.4, -0.2) is 36.7 Å². The molecular weight excluding hydrogens is 206 g/mol. The Morgan fingerprint density at radius 3 is 2.50 bits per heavy atom. The minimum absolute atomic E-state index is 0.262. The number of rotatable bonds is 5. The lowest BCUT2D eigenvalue weighted by atomic mass is 10.1. The highest BCUT2D eigenvalue weighted by Gasteiger charge is 2.15. The summed E-state index contributed by atoms with van der Waals surface area (Å²) in [5.74, 6) is -0.944. The molecule has 5 nitrogen and oxygen atoms in total. The molecule has 0 bridgehead atoms. The monoisotopic (exact) mass is 223 g/mol. The van der Waals surface area contributed by atoms with Crippen molar-refractivity contribution in [2.75, 3.05) is 31.4 Å². The predicted octanol–water partition coefficient (Wildman–Crippen LogP) is 1.71. The molecule has 0 saturated carbocycles. The molecule has 0 aliphatic heterocycles. The number of carboxylic acid groups (broad SMARTS) is 1. The molecular formula is C11H17N3O2. The van der Waals surface area contributed by atoms with Gasteiger partial charge in [-0.05, 0) is 19.1 Å². The number of hydrogen-bond donors (Lipinski definition) is 3. The molecule has 0 atom stereocenters. The zero-order valence-corrected chi connectivity index (χ0v) is 9.74. The summed E-state index contributed by atoms with van der Waals surface area (Å²) in [7, 11) is 3.62. The van der Waals surface area contributed by atoms with Crippen LogP contribution in [0.2, 0.25) is 0 Å². The molecule has 16 heavy (non-hydrogen) atoms. The van der Waals surface area contributed by atoms with Crippen molar-refractivity contribution in [3.8, 4) is 0 Å². The van der Waals surface area contributed by atoms with Gasteiger partial charge in [0.25, 0.3) is 0 Å². The minimum Gasteiger partial charge on any atom is -0.478 e. The lowest BCUT2D eigenvalue weighted by molar-refractivity contribution is 0.0698. The summed E-state index contributed by atoms with van der Waals surface area (Å²) in [6, 6.07) is 5.31. The highest BCUT2D eigenvalue weighted by Crippen LogP contribution is 2.24. The van der Waals surface area contributed by atoms with Crippen LogP contribution in [0.1, 0.15) is 17.3 Å². The maximum absolute atomic E-state index is 11.2. The smallest absolute Gasteiger partial charge is 0.339 e. The van der Waals surface area contributed by atoms with Gasteiger partial charge in [-0.1, -0.05) is 6.07 Å². The Balaban J connectivity index is 3.16. The number of benzene rings is 1. The molecule has 0 heterocycles. The SMILES string of the molecule is CCNc1cccc(NN(C)C)c1C(=O)O. The van der Waals surface area contributed by atoms with Crippen molar-refractivity contribution in [2.24, 2.45) is 0 Å². The van der Waals surface area contributed by atoms with E-state index in [0.29, 0.717) is 17.9 Å². The highest BCUT2D eigenvalue weighted by molar-refractivity contribution is 6.00. The third-order valence-electron chi connectivity index (χ3n) is 1.99. The van der Waals surface area contributed by atoms with E-state index in [4.69, 9.17) is 0 Å². The van der Waals surface area contributed by atoms with E-state index in [2.05, 4.69) is 10.7 Å². The Bertz CT molecular complexity index is 377. The highest BCUT2D eigenvalue weighted by atomic mass is 16.4. The summed E-state index contributed by atoms with van der Waals surface area (Å²) in [5.41, 5.74) is 4.43. The summed E-state index contributed by atoms with van der Waals surface area (Å²) in [4.78, 5) is 11.2. The van der Waals surface area contributed by atoms with Crippen LogP contribution in [0.4, 0.5) is 11.4 Å². The Hall–Kier alpha value is -1.75. The molecule has 0 aliphatic rings. The summed E-state index contributed by atoms with van der Waals surface area (Å²) < 4.78 is 0. The second-order valence-corrected chi connectivity index (χ2v) is 3.57. The Labute approximate surface area is 95.0 Å². The molecule has 0 fully saturated rings. The zero-order chi connectivity index (χ0) is 12.1. The van der Waals surface area contributed by atoms with E-state index in [9.17, 15) is 9.90 Å². The first-order valence-corrected chi connectivity index (χ1v) is 5.10. The van der Waals surface area contributed by atoms with Gasteiger partial charge >= 0.3 is 5.97 Å². The fourth-order valence-corrected chi connectivity index (χ4v) is 1.45. The van der Waals surface area contributed by atoms with Crippen molar-refractivity contribution in [1.82, 2.24) is 5.01 Å². The van der Waals surface area contributed by atoms with Gasteiger partial charge in [0.05, 0.1) is 11.4 Å². The molecule has 0 aliphatic carbocycles. The van der Waals surface area contributed by atoms with Crippen LogP contribution in [0, 0.1) is 0 Å². The molecule has 1 rings (SSSR count). The van der Waals surface area contributed by atoms with E-state index in [1.807, 2.05) is 27.1 Å². The van der Waals surface area contributed by atoms with Crippen molar-refractivity contribution in [3.05, 3.63) is 23.8 Å². The van der Waals surface area contributed by atoms with E-state index in [0.717, 1.165) is 0 Å². The van der Waals surface area contributed by atoms with E-state index in [1.54, 1.807) is 17.1 Å². The number of nitrogens with one attached hydrogen (secondary N) is 2. The van der Waals surface area contributed by atoms with Gasteiger partial charge in [-0.2, -0.15) is 0 Å². The molecule has 0 aromatic heterocycles. The van der Waals surface area contributed by atoms with Crippen LogP contribution in [0.15, 0.2) is 18.2 Å². The van der Waals surface area contributed by atoms with Gasteiger partial charge in [0.15, 0.2) is 0 Å². The predicted molar refractivity (Wildman–Crippen MR) is 64.9 cm³/mol. The van der Waals surface area contributed by atoms with Gasteiger partial charge in [-0.15, -0.1) is 0 Å². The summed E-state index contributed by atoms with van der Waals surface area (Å²) in [5, 5.41) is 13.9. The minimum atomic E-state index is -0.944. The molecule has 3 N–H and O–H groups in total. The van der Waals surface area contributed by atoms with Crippen LogP contribution in [0.3, 0.4) is 0 Å². The number of hydrogen-bond acceptors (Lipinski definition) is 4. The average Bonchev–Trinajstić information content (AvgIpc) is 2.16. The molecule has 0 saturated heterocycles. The largest absolute Gasteiger partial charge is 0.478 e. The summed E-state index contributed by atoms with van der Waals surface area (Å²) in [6.45, 7) is 2.61. The quantitative estimate of drug-likeness (QED) is 0.663. The lowest BCUT2D eigenvalue weighted by Crippen LogP contribution is -2.22. The average molecular weight is 223 g/mol. The molecule has 0 radical (unpaired) electrons.